The van der Waals surface area contributed by atoms with E-state index in [2.05, 4.69) is 57.2 Å². The second kappa shape index (κ2) is 14.3. The molecule has 0 saturated carbocycles. The first-order valence-electron chi connectivity index (χ1n) is 11.1. The van der Waals surface area contributed by atoms with E-state index in [1.807, 2.05) is 30.3 Å². The van der Waals surface area contributed by atoms with Crippen LogP contribution in [0.15, 0.2) is 52.9 Å². The third-order valence-corrected chi connectivity index (χ3v) is 6.49. The molecule has 1 aromatic rings. The molecule has 0 aliphatic carbocycles. The molecule has 0 spiro atoms. The fraction of sp³-hybridized carbons (Fsp3) is 0.560. The summed E-state index contributed by atoms with van der Waals surface area (Å²) in [4.78, 5) is 12.2. The zero-order chi connectivity index (χ0) is 21.6. The maximum Gasteiger partial charge on any atom is 0.324 e. The van der Waals surface area contributed by atoms with Gasteiger partial charge in [-0.05, 0) is 54.6 Å². The van der Waals surface area contributed by atoms with E-state index in [1.165, 1.54) is 43.0 Å². The Morgan fingerprint density at radius 3 is 2.34 bits per heavy atom. The second-order valence-electron chi connectivity index (χ2n) is 7.96. The van der Waals surface area contributed by atoms with Gasteiger partial charge in [0.1, 0.15) is 0 Å². The van der Waals surface area contributed by atoms with Crippen LogP contribution < -0.4 is 10.6 Å². The number of rotatable bonds is 13. The Labute approximate surface area is 182 Å². The third-order valence-electron chi connectivity index (χ3n) is 5.71. The minimum atomic E-state index is -0.257. The molecule has 3 atom stereocenters. The van der Waals surface area contributed by atoms with E-state index in [1.54, 1.807) is 0 Å². The average Bonchev–Trinajstić information content (AvgIpc) is 2.72. The first kappa shape index (κ1) is 25.4. The lowest BCUT2D eigenvalue weighted by Crippen LogP contribution is -2.26. The number of allylic oxidation sites excluding steroid dienone is 1. The van der Waals surface area contributed by atoms with Gasteiger partial charge in [-0.15, -0.1) is 0 Å². The van der Waals surface area contributed by atoms with E-state index in [0.29, 0.717) is 16.9 Å². The predicted molar refractivity (Wildman–Crippen MR) is 130 cm³/mol. The quantitative estimate of drug-likeness (QED) is 0.340. The normalized spacial score (nSPS) is 14.7. The minimum Gasteiger partial charge on any atom is -0.308 e. The monoisotopic (exact) mass is 416 g/mol. The zero-order valence-corrected chi connectivity index (χ0v) is 19.8. The lowest BCUT2D eigenvalue weighted by molar-refractivity contribution is 0.255. The fourth-order valence-electron chi connectivity index (χ4n) is 3.35. The van der Waals surface area contributed by atoms with Crippen LogP contribution in [0.4, 0.5) is 10.5 Å². The number of benzene rings is 1. The van der Waals surface area contributed by atoms with Crippen LogP contribution in [-0.4, -0.2) is 6.03 Å². The second-order valence-corrected chi connectivity index (χ2v) is 8.93. The van der Waals surface area contributed by atoms with Crippen LogP contribution in [0.2, 0.25) is 0 Å². The highest BCUT2D eigenvalue weighted by atomic mass is 32.2. The van der Waals surface area contributed by atoms with Crippen molar-refractivity contribution in [1.29, 1.82) is 0 Å². The molecule has 1 aromatic carbocycles. The standard InChI is InChI=1S/C25H40N2OS/c1-7-19(4)14-13-15-22(9-3)24(20(5)8-2)18-29-21(6)26-25(28)27-23-16-11-10-12-17-23/h10-12,16-20,22H,6-9,13-15H2,1-5H3,(H2,26,27,28)/b24-18+. The molecule has 2 N–H and O–H groups in total. The van der Waals surface area contributed by atoms with Crippen molar-refractivity contribution < 1.29 is 4.79 Å². The Morgan fingerprint density at radius 1 is 1.07 bits per heavy atom. The summed E-state index contributed by atoms with van der Waals surface area (Å²) in [5.74, 6) is 1.96. The molecule has 0 saturated heterocycles. The van der Waals surface area contributed by atoms with Crippen LogP contribution in [0, 0.1) is 17.8 Å². The molecule has 1 rings (SSSR count). The van der Waals surface area contributed by atoms with Gasteiger partial charge in [0.25, 0.3) is 0 Å². The highest BCUT2D eigenvalue weighted by Gasteiger charge is 2.18. The Hall–Kier alpha value is -1.68. The van der Waals surface area contributed by atoms with Gasteiger partial charge >= 0.3 is 6.03 Å². The van der Waals surface area contributed by atoms with Crippen LogP contribution in [0.3, 0.4) is 0 Å². The Morgan fingerprint density at radius 2 is 1.76 bits per heavy atom. The van der Waals surface area contributed by atoms with Crippen molar-refractivity contribution in [3.63, 3.8) is 0 Å². The number of carbonyl (C=O) groups is 1. The van der Waals surface area contributed by atoms with Crippen LogP contribution in [0.5, 0.6) is 0 Å². The lowest BCUT2D eigenvalue weighted by atomic mass is 9.83. The molecular weight excluding hydrogens is 376 g/mol. The first-order valence-corrected chi connectivity index (χ1v) is 12.0. The number of nitrogens with one attached hydrogen (secondary N) is 2. The van der Waals surface area contributed by atoms with Crippen LogP contribution in [-0.2, 0) is 0 Å². The number of thioether (sulfide) groups is 1. The van der Waals surface area contributed by atoms with Gasteiger partial charge < -0.3 is 10.6 Å². The number of urea groups is 1. The van der Waals surface area contributed by atoms with E-state index in [4.69, 9.17) is 0 Å². The van der Waals surface area contributed by atoms with Gasteiger partial charge in [-0.25, -0.2) is 4.79 Å². The number of hydrogen-bond donors (Lipinski definition) is 2. The van der Waals surface area contributed by atoms with Crippen LogP contribution >= 0.6 is 11.8 Å². The Kier molecular flexibility index (Phi) is 12.5. The summed E-state index contributed by atoms with van der Waals surface area (Å²) < 4.78 is 0. The summed E-state index contributed by atoms with van der Waals surface area (Å²) in [6.07, 6.45) is 7.38. The number of amides is 2. The van der Waals surface area contributed by atoms with Gasteiger partial charge in [0.15, 0.2) is 0 Å². The van der Waals surface area contributed by atoms with Gasteiger partial charge in [0.05, 0.1) is 5.03 Å². The Bertz CT molecular complexity index is 641. The summed E-state index contributed by atoms with van der Waals surface area (Å²) in [5, 5.41) is 8.54. The van der Waals surface area contributed by atoms with E-state index in [0.717, 1.165) is 24.4 Å². The molecule has 3 nitrogen and oxygen atoms in total. The highest BCUT2D eigenvalue weighted by molar-refractivity contribution is 8.05. The van der Waals surface area contributed by atoms with Crippen LogP contribution in [0.25, 0.3) is 0 Å². The number of carbonyl (C=O) groups excluding carboxylic acids is 1. The van der Waals surface area contributed by atoms with E-state index in [-0.39, 0.29) is 6.03 Å². The molecule has 29 heavy (non-hydrogen) atoms. The maximum atomic E-state index is 12.2. The number of para-hydroxylation sites is 1. The number of anilines is 1. The number of hydrogen-bond acceptors (Lipinski definition) is 2. The topological polar surface area (TPSA) is 41.1 Å². The van der Waals surface area contributed by atoms with Gasteiger partial charge in [-0.1, -0.05) is 96.0 Å². The van der Waals surface area contributed by atoms with Crippen molar-refractivity contribution >= 4 is 23.5 Å². The largest absolute Gasteiger partial charge is 0.324 e. The first-order chi connectivity index (χ1) is 13.9. The SMILES string of the molecule is C=C(NC(=O)Nc1ccccc1)S/C=C(\C(C)CC)C(CC)CCCC(C)CC. The van der Waals surface area contributed by atoms with Crippen molar-refractivity contribution in [3.05, 3.63) is 52.9 Å². The molecule has 3 unspecified atom stereocenters. The maximum absolute atomic E-state index is 12.2. The summed E-state index contributed by atoms with van der Waals surface area (Å²) in [6, 6.07) is 9.18. The van der Waals surface area contributed by atoms with E-state index < -0.39 is 0 Å². The third kappa shape index (κ3) is 10.1. The van der Waals surface area contributed by atoms with E-state index in [9.17, 15) is 4.79 Å². The average molecular weight is 417 g/mol. The molecular formula is C25H40N2OS. The molecule has 4 heteroatoms. The highest BCUT2D eigenvalue weighted by Crippen LogP contribution is 2.33. The lowest BCUT2D eigenvalue weighted by Gasteiger charge is -2.24. The summed E-state index contributed by atoms with van der Waals surface area (Å²) >= 11 is 1.53. The molecule has 0 fully saturated rings. The molecule has 0 bridgehead atoms. The Balaban J connectivity index is 2.65. The summed E-state index contributed by atoms with van der Waals surface area (Å²) in [6.45, 7) is 15.5. The fourth-order valence-corrected chi connectivity index (χ4v) is 4.21. The van der Waals surface area contributed by atoms with Crippen LogP contribution in [0.1, 0.15) is 73.1 Å². The van der Waals surface area contributed by atoms with Crippen molar-refractivity contribution in [2.45, 2.75) is 73.1 Å². The van der Waals surface area contributed by atoms with Gasteiger partial charge in [0, 0.05) is 5.69 Å². The van der Waals surface area contributed by atoms with Crippen molar-refractivity contribution in [2.24, 2.45) is 17.8 Å². The molecule has 162 valence electrons. The predicted octanol–water partition coefficient (Wildman–Crippen LogP) is 8.19. The molecule has 0 aromatic heterocycles. The zero-order valence-electron chi connectivity index (χ0n) is 19.0. The van der Waals surface area contributed by atoms with Gasteiger partial charge in [0.2, 0.25) is 0 Å². The smallest absolute Gasteiger partial charge is 0.308 e. The van der Waals surface area contributed by atoms with E-state index >= 15 is 0 Å². The summed E-state index contributed by atoms with van der Waals surface area (Å²) in [7, 11) is 0. The minimum absolute atomic E-state index is 0.257. The molecule has 0 heterocycles. The molecule has 2 amide bonds. The van der Waals surface area contributed by atoms with Gasteiger partial charge in [-0.2, -0.15) is 0 Å². The van der Waals surface area contributed by atoms with Crippen molar-refractivity contribution in [1.82, 2.24) is 5.32 Å². The van der Waals surface area contributed by atoms with Crippen molar-refractivity contribution in [2.75, 3.05) is 5.32 Å². The molecule has 0 radical (unpaired) electrons. The molecule has 0 aliphatic rings. The molecule has 0 aliphatic heterocycles. The van der Waals surface area contributed by atoms with Crippen molar-refractivity contribution in [3.8, 4) is 0 Å². The summed E-state index contributed by atoms with van der Waals surface area (Å²) in [5.41, 5.74) is 2.27. The van der Waals surface area contributed by atoms with Gasteiger partial charge in [-0.3, -0.25) is 0 Å².